The molecule has 1 saturated carbocycles. The average Bonchev–Trinajstić information content (AvgIpc) is 1.99. The van der Waals surface area contributed by atoms with Gasteiger partial charge in [0.2, 0.25) is 0 Å². The molecule has 4 atom stereocenters. The van der Waals surface area contributed by atoms with Gasteiger partial charge in [-0.1, -0.05) is 27.7 Å². The minimum atomic E-state index is -0.146. The third kappa shape index (κ3) is 3.48. The minimum absolute atomic E-state index is 0.146. The molecule has 90 valence electrons. The second-order valence-corrected chi connectivity index (χ2v) is 6.24. The summed E-state index contributed by atoms with van der Waals surface area (Å²) in [6, 6.07) is 0. The van der Waals surface area contributed by atoms with Crippen LogP contribution < -0.4 is 0 Å². The molecule has 0 radical (unpaired) electrons. The van der Waals surface area contributed by atoms with E-state index >= 15 is 0 Å². The van der Waals surface area contributed by atoms with E-state index in [2.05, 4.69) is 27.7 Å². The lowest BCUT2D eigenvalue weighted by Gasteiger charge is -2.39. The highest BCUT2D eigenvalue weighted by molar-refractivity contribution is 4.83. The first-order valence-electron chi connectivity index (χ1n) is 6.59. The Morgan fingerprint density at radius 3 is 1.73 bits per heavy atom. The van der Waals surface area contributed by atoms with E-state index in [9.17, 15) is 5.11 Å². The van der Waals surface area contributed by atoms with Gasteiger partial charge in [0.05, 0.1) is 6.10 Å². The molecule has 0 saturated heterocycles. The minimum Gasteiger partial charge on any atom is -0.393 e. The van der Waals surface area contributed by atoms with E-state index in [1.807, 2.05) is 6.92 Å². The zero-order valence-corrected chi connectivity index (χ0v) is 11.0. The van der Waals surface area contributed by atoms with Crippen molar-refractivity contribution in [2.75, 3.05) is 0 Å². The maximum atomic E-state index is 9.91. The highest BCUT2D eigenvalue weighted by Gasteiger charge is 2.33. The van der Waals surface area contributed by atoms with E-state index in [1.165, 1.54) is 19.3 Å². The fraction of sp³-hybridized carbons (Fsp3) is 1.00. The standard InChI is InChI=1S/C14H28O/c1-9(2)14(12(5)15)13-7-10(3)6-11(4)8-13/h9-15H,6-8H2,1-5H3. The maximum absolute atomic E-state index is 9.91. The molecule has 1 aliphatic carbocycles. The van der Waals surface area contributed by atoms with Gasteiger partial charge in [0.15, 0.2) is 0 Å². The Morgan fingerprint density at radius 2 is 1.40 bits per heavy atom. The normalized spacial score (nSPS) is 36.6. The third-order valence-corrected chi connectivity index (χ3v) is 4.09. The predicted octanol–water partition coefficient (Wildman–Crippen LogP) is 3.71. The molecule has 0 spiro atoms. The molecular weight excluding hydrogens is 184 g/mol. The summed E-state index contributed by atoms with van der Waals surface area (Å²) in [4.78, 5) is 0. The summed E-state index contributed by atoms with van der Waals surface area (Å²) in [6.45, 7) is 11.2. The van der Waals surface area contributed by atoms with Crippen molar-refractivity contribution in [2.45, 2.75) is 60.0 Å². The Labute approximate surface area is 95.3 Å². The summed E-state index contributed by atoms with van der Waals surface area (Å²) >= 11 is 0. The van der Waals surface area contributed by atoms with Gasteiger partial charge in [-0.3, -0.25) is 0 Å². The molecule has 0 bridgehead atoms. The summed E-state index contributed by atoms with van der Waals surface area (Å²) in [5.74, 6) is 3.53. The molecule has 0 aromatic rings. The van der Waals surface area contributed by atoms with Crippen LogP contribution in [0.15, 0.2) is 0 Å². The summed E-state index contributed by atoms with van der Waals surface area (Å²) in [5.41, 5.74) is 0. The Bertz CT molecular complexity index is 168. The van der Waals surface area contributed by atoms with Crippen LogP contribution in [0.5, 0.6) is 0 Å². The summed E-state index contributed by atoms with van der Waals surface area (Å²) in [6.07, 6.45) is 3.87. The Balaban J connectivity index is 2.66. The maximum Gasteiger partial charge on any atom is 0.0545 e. The predicted molar refractivity (Wildman–Crippen MR) is 65.7 cm³/mol. The molecule has 0 aromatic heterocycles. The summed E-state index contributed by atoms with van der Waals surface area (Å²) in [7, 11) is 0. The van der Waals surface area contributed by atoms with Crippen molar-refractivity contribution >= 4 is 0 Å². The first-order chi connectivity index (χ1) is 6.91. The Kier molecular flexibility index (Phi) is 4.64. The van der Waals surface area contributed by atoms with Crippen molar-refractivity contribution in [3.8, 4) is 0 Å². The lowest BCUT2D eigenvalue weighted by atomic mass is 9.67. The molecule has 0 aromatic carbocycles. The van der Waals surface area contributed by atoms with E-state index in [0.717, 1.165) is 17.8 Å². The van der Waals surface area contributed by atoms with Crippen LogP contribution in [-0.4, -0.2) is 11.2 Å². The van der Waals surface area contributed by atoms with Gasteiger partial charge in [-0.25, -0.2) is 0 Å². The summed E-state index contributed by atoms with van der Waals surface area (Å²) < 4.78 is 0. The molecule has 1 aliphatic rings. The van der Waals surface area contributed by atoms with Gasteiger partial charge >= 0.3 is 0 Å². The van der Waals surface area contributed by atoms with Crippen LogP contribution in [0.4, 0.5) is 0 Å². The second-order valence-electron chi connectivity index (χ2n) is 6.24. The fourth-order valence-electron chi connectivity index (χ4n) is 3.82. The lowest BCUT2D eigenvalue weighted by molar-refractivity contribution is 0.0250. The van der Waals surface area contributed by atoms with Crippen LogP contribution >= 0.6 is 0 Å². The SMILES string of the molecule is CC1CC(C)CC(C(C(C)C)C(C)O)C1. The molecule has 0 amide bonds. The molecule has 4 unspecified atom stereocenters. The molecule has 1 fully saturated rings. The molecule has 1 rings (SSSR count). The van der Waals surface area contributed by atoms with Crippen molar-refractivity contribution in [2.24, 2.45) is 29.6 Å². The van der Waals surface area contributed by atoms with E-state index in [0.29, 0.717) is 11.8 Å². The highest BCUT2D eigenvalue weighted by Crippen LogP contribution is 2.40. The van der Waals surface area contributed by atoms with Crippen LogP contribution in [0.1, 0.15) is 53.9 Å². The quantitative estimate of drug-likeness (QED) is 0.756. The van der Waals surface area contributed by atoms with Crippen LogP contribution in [0.3, 0.4) is 0 Å². The van der Waals surface area contributed by atoms with E-state index in [4.69, 9.17) is 0 Å². The van der Waals surface area contributed by atoms with Gasteiger partial charge in [-0.2, -0.15) is 0 Å². The van der Waals surface area contributed by atoms with Crippen molar-refractivity contribution in [1.82, 2.24) is 0 Å². The van der Waals surface area contributed by atoms with Crippen molar-refractivity contribution < 1.29 is 5.11 Å². The number of aliphatic hydroxyl groups excluding tert-OH is 1. The molecule has 1 N–H and O–H groups in total. The van der Waals surface area contributed by atoms with E-state index < -0.39 is 0 Å². The zero-order valence-electron chi connectivity index (χ0n) is 11.0. The average molecular weight is 212 g/mol. The number of aliphatic hydroxyl groups is 1. The Morgan fingerprint density at radius 1 is 0.933 bits per heavy atom. The van der Waals surface area contributed by atoms with Gasteiger partial charge in [0, 0.05) is 0 Å². The van der Waals surface area contributed by atoms with Crippen molar-refractivity contribution in [1.29, 1.82) is 0 Å². The molecule has 1 heteroatoms. The molecule has 15 heavy (non-hydrogen) atoms. The first kappa shape index (κ1) is 13.0. The van der Waals surface area contributed by atoms with Crippen LogP contribution in [0.25, 0.3) is 0 Å². The van der Waals surface area contributed by atoms with Gasteiger partial charge in [-0.05, 0) is 55.8 Å². The number of hydrogen-bond donors (Lipinski definition) is 1. The summed E-state index contributed by atoms with van der Waals surface area (Å²) in [5, 5.41) is 9.91. The smallest absolute Gasteiger partial charge is 0.0545 e. The largest absolute Gasteiger partial charge is 0.393 e. The van der Waals surface area contributed by atoms with Crippen LogP contribution in [0, 0.1) is 29.6 Å². The molecule has 0 aliphatic heterocycles. The number of rotatable bonds is 3. The molecule has 0 heterocycles. The second kappa shape index (κ2) is 5.34. The van der Waals surface area contributed by atoms with Crippen LogP contribution in [0.2, 0.25) is 0 Å². The highest BCUT2D eigenvalue weighted by atomic mass is 16.3. The number of hydrogen-bond acceptors (Lipinski definition) is 1. The fourth-order valence-corrected chi connectivity index (χ4v) is 3.82. The molecular formula is C14H28O. The molecule has 1 nitrogen and oxygen atoms in total. The zero-order chi connectivity index (χ0) is 11.6. The van der Waals surface area contributed by atoms with Gasteiger partial charge in [0.25, 0.3) is 0 Å². The van der Waals surface area contributed by atoms with E-state index in [1.54, 1.807) is 0 Å². The van der Waals surface area contributed by atoms with Gasteiger partial charge < -0.3 is 5.11 Å². The first-order valence-corrected chi connectivity index (χ1v) is 6.59. The van der Waals surface area contributed by atoms with Gasteiger partial charge in [-0.15, -0.1) is 0 Å². The lowest BCUT2D eigenvalue weighted by Crippen LogP contribution is -2.35. The van der Waals surface area contributed by atoms with Crippen molar-refractivity contribution in [3.05, 3.63) is 0 Å². The van der Waals surface area contributed by atoms with E-state index in [-0.39, 0.29) is 6.10 Å². The Hall–Kier alpha value is -0.0400. The third-order valence-electron chi connectivity index (χ3n) is 4.09. The van der Waals surface area contributed by atoms with Crippen LogP contribution in [-0.2, 0) is 0 Å². The van der Waals surface area contributed by atoms with Crippen molar-refractivity contribution in [3.63, 3.8) is 0 Å². The monoisotopic (exact) mass is 212 g/mol. The van der Waals surface area contributed by atoms with Gasteiger partial charge in [0.1, 0.15) is 0 Å². The topological polar surface area (TPSA) is 20.2 Å².